The second kappa shape index (κ2) is 4.33. The minimum Gasteiger partial charge on any atom is -0.311 e. The van der Waals surface area contributed by atoms with Crippen molar-refractivity contribution in [1.82, 2.24) is 0 Å². The van der Waals surface area contributed by atoms with Crippen molar-refractivity contribution in [2.45, 2.75) is 11.2 Å². The Balaban J connectivity index is 2.25. The molecule has 1 aromatic rings. The fourth-order valence-electron chi connectivity index (χ4n) is 1.63. The van der Waals surface area contributed by atoms with Crippen molar-refractivity contribution >= 4 is 33.2 Å². The fraction of sp³-hybridized carbons (Fsp3) is 0.273. The van der Waals surface area contributed by atoms with Crippen molar-refractivity contribution in [3.63, 3.8) is 0 Å². The molecule has 0 radical (unpaired) electrons. The summed E-state index contributed by atoms with van der Waals surface area (Å²) in [5.74, 6) is -0.487. The number of nitrogens with zero attached hydrogens (tertiary/aromatic N) is 1. The third-order valence-corrected chi connectivity index (χ3v) is 3.48. The molecule has 0 aromatic heterocycles. The average Bonchev–Trinajstić information content (AvgIpc) is 2.28. The second-order valence-electron chi connectivity index (χ2n) is 3.60. The van der Waals surface area contributed by atoms with E-state index < -0.39 is 4.83 Å². The minimum atomic E-state index is -0.550. The maximum absolute atomic E-state index is 12.7. The molecule has 2 rings (SSSR count). The molecule has 84 valence electrons. The van der Waals surface area contributed by atoms with Crippen molar-refractivity contribution in [3.05, 3.63) is 30.1 Å². The van der Waals surface area contributed by atoms with E-state index in [-0.39, 0.29) is 11.7 Å². The molecule has 1 heterocycles. The summed E-state index contributed by atoms with van der Waals surface area (Å²) in [6.45, 7) is 0.478. The van der Waals surface area contributed by atoms with Gasteiger partial charge >= 0.3 is 0 Å². The molecule has 16 heavy (non-hydrogen) atoms. The highest BCUT2D eigenvalue weighted by Crippen LogP contribution is 2.23. The Morgan fingerprint density at radius 3 is 2.62 bits per heavy atom. The van der Waals surface area contributed by atoms with Crippen LogP contribution in [0.1, 0.15) is 6.42 Å². The minimum absolute atomic E-state index is 0.164. The van der Waals surface area contributed by atoms with Gasteiger partial charge in [0, 0.05) is 24.4 Å². The molecule has 0 bridgehead atoms. The third-order valence-electron chi connectivity index (χ3n) is 2.53. The first-order chi connectivity index (χ1) is 7.59. The Labute approximate surface area is 101 Å². The first-order valence-electron chi connectivity index (χ1n) is 4.88. The van der Waals surface area contributed by atoms with E-state index in [1.165, 1.54) is 12.1 Å². The van der Waals surface area contributed by atoms with E-state index in [1.54, 1.807) is 17.0 Å². The number of carbonyl (C=O) groups is 1. The highest BCUT2D eigenvalue weighted by atomic mass is 79.9. The van der Waals surface area contributed by atoms with Crippen LogP contribution in [-0.2, 0) is 4.79 Å². The van der Waals surface area contributed by atoms with Crippen molar-refractivity contribution in [3.8, 4) is 0 Å². The summed E-state index contributed by atoms with van der Waals surface area (Å²) in [6.07, 6.45) is 0.541. The second-order valence-corrected chi connectivity index (χ2v) is 4.52. The zero-order valence-electron chi connectivity index (χ0n) is 8.41. The molecule has 1 N–H and O–H groups in total. The highest BCUT2D eigenvalue weighted by molar-refractivity contribution is 9.10. The van der Waals surface area contributed by atoms with Gasteiger partial charge in [-0.05, 0) is 24.3 Å². The van der Waals surface area contributed by atoms with Crippen LogP contribution in [0.4, 0.5) is 10.1 Å². The van der Waals surface area contributed by atoms with Crippen LogP contribution in [-0.4, -0.2) is 23.0 Å². The van der Waals surface area contributed by atoms with Crippen molar-refractivity contribution < 1.29 is 9.18 Å². The first kappa shape index (κ1) is 11.3. The Morgan fingerprint density at radius 2 is 2.00 bits per heavy atom. The van der Waals surface area contributed by atoms with Crippen molar-refractivity contribution in [2.24, 2.45) is 0 Å². The maximum atomic E-state index is 12.7. The number of anilines is 1. The molecule has 3 nitrogen and oxygen atoms in total. The standard InChI is InChI=1S/C11H10BrFN2O/c12-10-9(14)5-6-15(11(10)16)8-3-1-7(13)2-4-8/h1-4,10,14H,5-6H2. The Bertz CT molecular complexity index is 432. The lowest BCUT2D eigenvalue weighted by molar-refractivity contribution is -0.117. The lowest BCUT2D eigenvalue weighted by atomic mass is 10.1. The van der Waals surface area contributed by atoms with Crippen LogP contribution in [0.3, 0.4) is 0 Å². The van der Waals surface area contributed by atoms with Gasteiger partial charge in [0.15, 0.2) is 0 Å². The number of nitrogens with one attached hydrogen (secondary N) is 1. The van der Waals surface area contributed by atoms with Crippen LogP contribution < -0.4 is 4.90 Å². The number of amides is 1. The predicted octanol–water partition coefficient (Wildman–Crippen LogP) is 2.35. The summed E-state index contributed by atoms with van der Waals surface area (Å²) < 4.78 is 12.7. The van der Waals surface area contributed by atoms with E-state index in [4.69, 9.17) is 5.41 Å². The van der Waals surface area contributed by atoms with Gasteiger partial charge in [-0.15, -0.1) is 0 Å². The molecule has 1 saturated heterocycles. The van der Waals surface area contributed by atoms with E-state index in [1.807, 2.05) is 0 Å². The van der Waals surface area contributed by atoms with E-state index >= 15 is 0 Å². The number of halogens is 2. The molecule has 1 atom stereocenters. The van der Waals surface area contributed by atoms with Gasteiger partial charge in [0.2, 0.25) is 5.91 Å². The molecule has 1 amide bonds. The van der Waals surface area contributed by atoms with Gasteiger partial charge in [0.25, 0.3) is 0 Å². The monoisotopic (exact) mass is 284 g/mol. The topological polar surface area (TPSA) is 44.2 Å². The lowest BCUT2D eigenvalue weighted by Crippen LogP contribution is -2.46. The van der Waals surface area contributed by atoms with E-state index in [0.717, 1.165) is 0 Å². The fourth-order valence-corrected chi connectivity index (χ4v) is 2.11. The Kier molecular flexibility index (Phi) is 3.05. The summed E-state index contributed by atoms with van der Waals surface area (Å²) in [6, 6.07) is 5.79. The maximum Gasteiger partial charge on any atom is 0.246 e. The number of hydrogen-bond acceptors (Lipinski definition) is 2. The van der Waals surface area contributed by atoms with Gasteiger partial charge in [0.05, 0.1) is 0 Å². The van der Waals surface area contributed by atoms with Gasteiger partial charge in [-0.1, -0.05) is 15.9 Å². The van der Waals surface area contributed by atoms with Crippen molar-refractivity contribution in [2.75, 3.05) is 11.4 Å². The summed E-state index contributed by atoms with van der Waals surface area (Å²) in [7, 11) is 0. The molecule has 0 aliphatic carbocycles. The molecule has 1 fully saturated rings. The molecule has 1 aliphatic rings. The highest BCUT2D eigenvalue weighted by Gasteiger charge is 2.31. The summed E-state index contributed by atoms with van der Waals surface area (Å²) in [4.78, 5) is 12.9. The zero-order chi connectivity index (χ0) is 11.7. The van der Waals surface area contributed by atoms with Gasteiger partial charge < -0.3 is 10.3 Å². The van der Waals surface area contributed by atoms with E-state index in [9.17, 15) is 9.18 Å². The lowest BCUT2D eigenvalue weighted by Gasteiger charge is -2.30. The zero-order valence-corrected chi connectivity index (χ0v) is 10.00. The summed E-state index contributed by atoms with van der Waals surface area (Å²) >= 11 is 3.18. The van der Waals surface area contributed by atoms with Crippen LogP contribution in [0.2, 0.25) is 0 Å². The molecule has 5 heteroatoms. The van der Waals surface area contributed by atoms with Gasteiger partial charge in [-0.3, -0.25) is 4.79 Å². The summed E-state index contributed by atoms with van der Waals surface area (Å²) in [5.41, 5.74) is 1.06. The predicted molar refractivity (Wildman–Crippen MR) is 63.8 cm³/mol. The molecule has 0 saturated carbocycles. The molecule has 1 unspecified atom stereocenters. The molecule has 0 spiro atoms. The number of alkyl halides is 1. The third kappa shape index (κ3) is 2.00. The largest absolute Gasteiger partial charge is 0.311 e. The van der Waals surface area contributed by atoms with E-state index in [2.05, 4.69) is 15.9 Å². The normalized spacial score (nSPS) is 21.4. The quantitative estimate of drug-likeness (QED) is 0.791. The van der Waals surface area contributed by atoms with Crippen LogP contribution in [0.15, 0.2) is 24.3 Å². The number of benzene rings is 1. The smallest absolute Gasteiger partial charge is 0.246 e. The summed E-state index contributed by atoms with van der Waals surface area (Å²) in [5, 5.41) is 7.56. The Morgan fingerprint density at radius 1 is 1.38 bits per heavy atom. The van der Waals surface area contributed by atoms with Gasteiger partial charge in [-0.2, -0.15) is 0 Å². The first-order valence-corrected chi connectivity index (χ1v) is 5.79. The SMILES string of the molecule is N=C1CCN(c2ccc(F)cc2)C(=O)C1Br. The van der Waals surface area contributed by atoms with E-state index in [0.29, 0.717) is 24.4 Å². The number of rotatable bonds is 1. The van der Waals surface area contributed by atoms with Crippen LogP contribution in [0, 0.1) is 11.2 Å². The van der Waals surface area contributed by atoms with Crippen molar-refractivity contribution in [1.29, 1.82) is 5.41 Å². The van der Waals surface area contributed by atoms with Crippen LogP contribution >= 0.6 is 15.9 Å². The molecule has 1 aliphatic heterocycles. The number of hydrogen-bond donors (Lipinski definition) is 1. The van der Waals surface area contributed by atoms with Gasteiger partial charge in [0.1, 0.15) is 10.6 Å². The van der Waals surface area contributed by atoms with Gasteiger partial charge in [-0.25, -0.2) is 4.39 Å². The van der Waals surface area contributed by atoms with Crippen LogP contribution in [0.5, 0.6) is 0 Å². The average molecular weight is 285 g/mol. The molecular formula is C11H10BrFN2O. The molecular weight excluding hydrogens is 275 g/mol. The number of piperidine rings is 1. The number of carbonyl (C=O) groups excluding carboxylic acids is 1. The van der Waals surface area contributed by atoms with Crippen LogP contribution in [0.25, 0.3) is 0 Å². The Hall–Kier alpha value is -1.23. The molecule has 1 aromatic carbocycles.